The average Bonchev–Trinajstić information content (AvgIpc) is 3.47. The van der Waals surface area contributed by atoms with Gasteiger partial charge >= 0.3 is 0 Å². The van der Waals surface area contributed by atoms with Crippen molar-refractivity contribution < 1.29 is 22.5 Å². The van der Waals surface area contributed by atoms with Crippen LogP contribution in [0.3, 0.4) is 0 Å². The van der Waals surface area contributed by atoms with Crippen molar-refractivity contribution in [2.24, 2.45) is 17.8 Å². The first-order valence-electron chi connectivity index (χ1n) is 10.3. The molecule has 5 nitrogen and oxygen atoms in total. The maximum atomic E-state index is 13.4. The van der Waals surface area contributed by atoms with Crippen molar-refractivity contribution in [3.05, 3.63) is 71.4 Å². The Morgan fingerprint density at radius 2 is 1.71 bits per heavy atom. The number of aromatic nitrogens is 2. The monoisotopic (exact) mass is 427 g/mol. The van der Waals surface area contributed by atoms with E-state index < -0.39 is 11.6 Å². The first-order chi connectivity index (χ1) is 15.0. The summed E-state index contributed by atoms with van der Waals surface area (Å²) in [7, 11) is 0. The standard InChI is InChI=1S/C23H20F3N3O2/c24-16-5-3-13(4-6-16)21-28-23(31-29-21)20-15-2-1-14(9-15)19(20)22(30)27-11-12-7-17(25)10-18(26)8-12/h3-8,10,14-15,19-20H,1-2,9,11H2,(H,27,30)/t14-,15+,19-,20-/m0/s1. The zero-order valence-corrected chi connectivity index (χ0v) is 16.5. The molecule has 2 aromatic carbocycles. The first-order valence-corrected chi connectivity index (χ1v) is 10.3. The predicted molar refractivity (Wildman–Crippen MR) is 105 cm³/mol. The van der Waals surface area contributed by atoms with Crippen LogP contribution in [0.4, 0.5) is 13.2 Å². The molecule has 31 heavy (non-hydrogen) atoms. The number of rotatable bonds is 5. The van der Waals surface area contributed by atoms with Gasteiger partial charge in [0.05, 0.1) is 11.8 Å². The summed E-state index contributed by atoms with van der Waals surface area (Å²) < 4.78 is 45.6. The van der Waals surface area contributed by atoms with Gasteiger partial charge in [-0.15, -0.1) is 0 Å². The van der Waals surface area contributed by atoms with Gasteiger partial charge in [0.2, 0.25) is 17.6 Å². The summed E-state index contributed by atoms with van der Waals surface area (Å²) >= 11 is 0. The molecule has 2 fully saturated rings. The van der Waals surface area contributed by atoms with Crippen LogP contribution in [0.1, 0.15) is 36.6 Å². The van der Waals surface area contributed by atoms with Crippen molar-refractivity contribution in [1.82, 2.24) is 15.5 Å². The fraction of sp³-hybridized carbons (Fsp3) is 0.348. The van der Waals surface area contributed by atoms with Crippen molar-refractivity contribution in [3.8, 4) is 11.4 Å². The van der Waals surface area contributed by atoms with E-state index in [4.69, 9.17) is 4.52 Å². The van der Waals surface area contributed by atoms with E-state index >= 15 is 0 Å². The molecule has 0 saturated heterocycles. The lowest BCUT2D eigenvalue weighted by atomic mass is 9.78. The van der Waals surface area contributed by atoms with Crippen molar-refractivity contribution in [3.63, 3.8) is 0 Å². The minimum Gasteiger partial charge on any atom is -0.352 e. The van der Waals surface area contributed by atoms with E-state index in [1.165, 1.54) is 24.3 Å². The van der Waals surface area contributed by atoms with Gasteiger partial charge in [-0.1, -0.05) is 5.16 Å². The Hall–Kier alpha value is -3.16. The van der Waals surface area contributed by atoms with Crippen molar-refractivity contribution in [2.75, 3.05) is 0 Å². The van der Waals surface area contributed by atoms with Gasteiger partial charge in [0.15, 0.2) is 0 Å². The number of hydrogen-bond acceptors (Lipinski definition) is 4. The van der Waals surface area contributed by atoms with E-state index in [2.05, 4.69) is 15.5 Å². The molecule has 1 amide bonds. The van der Waals surface area contributed by atoms with Crippen molar-refractivity contribution in [1.29, 1.82) is 0 Å². The summed E-state index contributed by atoms with van der Waals surface area (Å²) in [6.45, 7) is 0.0405. The van der Waals surface area contributed by atoms with E-state index in [1.807, 2.05) is 0 Å². The van der Waals surface area contributed by atoms with Gasteiger partial charge in [-0.3, -0.25) is 4.79 Å². The van der Waals surface area contributed by atoms with Crippen LogP contribution in [0.15, 0.2) is 47.0 Å². The molecule has 2 aliphatic carbocycles. The van der Waals surface area contributed by atoms with Crippen LogP contribution in [0.2, 0.25) is 0 Å². The number of carbonyl (C=O) groups excluding carboxylic acids is 1. The number of benzene rings is 2. The molecule has 0 aliphatic heterocycles. The van der Waals surface area contributed by atoms with Gasteiger partial charge < -0.3 is 9.84 Å². The zero-order valence-electron chi connectivity index (χ0n) is 16.5. The van der Waals surface area contributed by atoms with Crippen LogP contribution in [-0.4, -0.2) is 16.0 Å². The Balaban J connectivity index is 1.35. The average molecular weight is 427 g/mol. The van der Waals surface area contributed by atoms with Gasteiger partial charge in [-0.25, -0.2) is 13.2 Å². The van der Waals surface area contributed by atoms with Crippen LogP contribution < -0.4 is 5.32 Å². The van der Waals surface area contributed by atoms with E-state index in [0.717, 1.165) is 25.3 Å². The molecule has 5 rings (SSSR count). The Bertz CT molecular complexity index is 1100. The first kappa shape index (κ1) is 19.8. The molecule has 2 bridgehead atoms. The maximum Gasteiger partial charge on any atom is 0.231 e. The van der Waals surface area contributed by atoms with Gasteiger partial charge in [0, 0.05) is 18.2 Å². The summed E-state index contributed by atoms with van der Waals surface area (Å²) in [5, 5.41) is 6.85. The molecule has 8 heteroatoms. The van der Waals surface area contributed by atoms with Gasteiger partial charge in [-0.05, 0) is 73.1 Å². The van der Waals surface area contributed by atoms with Crippen LogP contribution in [0.25, 0.3) is 11.4 Å². The largest absolute Gasteiger partial charge is 0.352 e. The minimum absolute atomic E-state index is 0.0405. The SMILES string of the molecule is O=C(NCc1cc(F)cc(F)c1)[C@H]1[C@H]2CC[C@H](C2)[C@@H]1c1nc(-c2ccc(F)cc2)no1. The summed E-state index contributed by atoms with van der Waals surface area (Å²) in [5.41, 5.74) is 0.996. The number of hydrogen-bond donors (Lipinski definition) is 1. The lowest BCUT2D eigenvalue weighted by Gasteiger charge is -2.27. The Morgan fingerprint density at radius 3 is 2.45 bits per heavy atom. The third-order valence-corrected chi connectivity index (χ3v) is 6.44. The molecule has 3 aromatic rings. The molecule has 1 aromatic heterocycles. The van der Waals surface area contributed by atoms with Gasteiger partial charge in [-0.2, -0.15) is 4.98 Å². The van der Waals surface area contributed by atoms with E-state index in [1.54, 1.807) is 12.1 Å². The molecule has 1 N–H and O–H groups in total. The Labute approximate surface area is 176 Å². The third-order valence-electron chi connectivity index (χ3n) is 6.44. The van der Waals surface area contributed by atoms with Crippen LogP contribution in [0.5, 0.6) is 0 Å². The topological polar surface area (TPSA) is 68.0 Å². The highest BCUT2D eigenvalue weighted by atomic mass is 19.1. The molecule has 2 aliphatic rings. The lowest BCUT2D eigenvalue weighted by molar-refractivity contribution is -0.127. The van der Waals surface area contributed by atoms with Crippen molar-refractivity contribution in [2.45, 2.75) is 31.7 Å². The summed E-state index contributed by atoms with van der Waals surface area (Å²) in [6, 6.07) is 9.01. The smallest absolute Gasteiger partial charge is 0.231 e. The molecule has 160 valence electrons. The van der Waals surface area contributed by atoms with Gasteiger partial charge in [0.25, 0.3) is 0 Å². The summed E-state index contributed by atoms with van der Waals surface area (Å²) in [4.78, 5) is 17.6. The van der Waals surface area contributed by atoms with E-state index in [0.29, 0.717) is 22.8 Å². The Kier molecular flexibility index (Phi) is 5.00. The highest BCUT2D eigenvalue weighted by molar-refractivity contribution is 5.80. The second-order valence-corrected chi connectivity index (χ2v) is 8.34. The van der Waals surface area contributed by atoms with E-state index in [9.17, 15) is 18.0 Å². The van der Waals surface area contributed by atoms with E-state index in [-0.39, 0.29) is 41.9 Å². The highest BCUT2D eigenvalue weighted by Gasteiger charge is 2.53. The molecule has 2 saturated carbocycles. The molecule has 4 atom stereocenters. The van der Waals surface area contributed by atoms with Crippen LogP contribution >= 0.6 is 0 Å². The number of nitrogens with one attached hydrogen (secondary N) is 1. The summed E-state index contributed by atoms with van der Waals surface area (Å²) in [6.07, 6.45) is 2.85. The van der Waals surface area contributed by atoms with Crippen LogP contribution in [-0.2, 0) is 11.3 Å². The van der Waals surface area contributed by atoms with Gasteiger partial charge in [0.1, 0.15) is 17.5 Å². The lowest BCUT2D eigenvalue weighted by Crippen LogP contribution is -2.37. The quantitative estimate of drug-likeness (QED) is 0.646. The van der Waals surface area contributed by atoms with Crippen LogP contribution in [0, 0.1) is 35.2 Å². The fourth-order valence-electron chi connectivity index (χ4n) is 5.13. The fourth-order valence-corrected chi connectivity index (χ4v) is 5.13. The predicted octanol–water partition coefficient (Wildman–Crippen LogP) is 4.60. The molecule has 1 heterocycles. The highest BCUT2D eigenvalue weighted by Crippen LogP contribution is 2.56. The number of halogens is 3. The molecular formula is C23H20F3N3O2. The molecular weight excluding hydrogens is 407 g/mol. The maximum absolute atomic E-state index is 13.4. The van der Waals surface area contributed by atoms with Crippen molar-refractivity contribution >= 4 is 5.91 Å². The number of amides is 1. The molecule has 0 unspecified atom stereocenters. The second kappa shape index (κ2) is 7.83. The molecule has 0 spiro atoms. The second-order valence-electron chi connectivity index (χ2n) is 8.34. The molecule has 0 radical (unpaired) electrons. The summed E-state index contributed by atoms with van der Waals surface area (Å²) in [5.74, 6) is -1.19. The number of fused-ring (bicyclic) bond motifs is 2. The third kappa shape index (κ3) is 3.82. The minimum atomic E-state index is -0.679. The number of nitrogens with zero attached hydrogens (tertiary/aromatic N) is 2. The normalized spacial score (nSPS) is 24.5. The Morgan fingerprint density at radius 1 is 1.00 bits per heavy atom. The zero-order chi connectivity index (χ0) is 21.5. The number of carbonyl (C=O) groups is 1.